The molecule has 80 valence electrons. The average Bonchev–Trinajstić information content (AvgIpc) is 3.04. The van der Waals surface area contributed by atoms with Crippen molar-refractivity contribution in [3.63, 3.8) is 0 Å². The molecule has 0 spiro atoms. The second kappa shape index (κ2) is 4.01. The Hall–Kier alpha value is -1.38. The Morgan fingerprint density at radius 1 is 1.60 bits per heavy atom. The summed E-state index contributed by atoms with van der Waals surface area (Å²) in [6.45, 7) is 4.67. The van der Waals surface area contributed by atoms with E-state index in [1.807, 2.05) is 6.07 Å². The number of pyridine rings is 1. The van der Waals surface area contributed by atoms with Crippen LogP contribution in [0.15, 0.2) is 18.3 Å². The van der Waals surface area contributed by atoms with Crippen molar-refractivity contribution in [2.75, 3.05) is 11.4 Å². The molecular formula is C12H16N2O. The van der Waals surface area contributed by atoms with Crippen LogP contribution in [-0.4, -0.2) is 23.4 Å². The number of nitrogens with zero attached hydrogens (tertiary/aromatic N) is 2. The Balaban J connectivity index is 2.26. The Kier molecular flexibility index (Phi) is 2.71. The van der Waals surface area contributed by atoms with Crippen LogP contribution >= 0.6 is 0 Å². The van der Waals surface area contributed by atoms with E-state index in [1.54, 1.807) is 19.2 Å². The molecular weight excluding hydrogens is 188 g/mol. The van der Waals surface area contributed by atoms with E-state index in [-0.39, 0.29) is 5.78 Å². The molecule has 0 N–H and O–H groups in total. The summed E-state index contributed by atoms with van der Waals surface area (Å²) in [5.41, 5.74) is 0.749. The molecule has 1 aliphatic carbocycles. The van der Waals surface area contributed by atoms with Crippen molar-refractivity contribution in [1.82, 2.24) is 4.98 Å². The van der Waals surface area contributed by atoms with Gasteiger partial charge in [-0.25, -0.2) is 4.98 Å². The van der Waals surface area contributed by atoms with Gasteiger partial charge in [0.1, 0.15) is 5.82 Å². The normalized spacial score (nSPS) is 15.1. The van der Waals surface area contributed by atoms with E-state index in [0.29, 0.717) is 6.04 Å². The number of carbonyl (C=O) groups excluding carboxylic acids is 1. The summed E-state index contributed by atoms with van der Waals surface area (Å²) in [4.78, 5) is 17.8. The molecule has 0 bridgehead atoms. The third-order valence-electron chi connectivity index (χ3n) is 2.77. The van der Waals surface area contributed by atoms with Gasteiger partial charge in [-0.15, -0.1) is 0 Å². The summed E-state index contributed by atoms with van der Waals surface area (Å²) in [6, 6.07) is 4.31. The second-order valence-electron chi connectivity index (χ2n) is 3.98. The molecule has 0 atom stereocenters. The monoisotopic (exact) mass is 204 g/mol. The maximum atomic E-state index is 11.2. The number of rotatable bonds is 4. The quantitative estimate of drug-likeness (QED) is 0.705. The molecule has 0 saturated heterocycles. The molecule has 15 heavy (non-hydrogen) atoms. The van der Waals surface area contributed by atoms with E-state index in [4.69, 9.17) is 0 Å². The van der Waals surface area contributed by atoms with Crippen LogP contribution in [-0.2, 0) is 0 Å². The Morgan fingerprint density at radius 3 is 2.87 bits per heavy atom. The van der Waals surface area contributed by atoms with Gasteiger partial charge in [-0.05, 0) is 38.8 Å². The van der Waals surface area contributed by atoms with Crippen LogP contribution in [0.1, 0.15) is 37.0 Å². The number of hydrogen-bond acceptors (Lipinski definition) is 3. The first kappa shape index (κ1) is 10.1. The van der Waals surface area contributed by atoms with Crippen LogP contribution in [0.25, 0.3) is 0 Å². The number of hydrogen-bond donors (Lipinski definition) is 0. The van der Waals surface area contributed by atoms with Crippen molar-refractivity contribution in [1.29, 1.82) is 0 Å². The molecule has 1 saturated carbocycles. The summed E-state index contributed by atoms with van der Waals surface area (Å²) >= 11 is 0. The van der Waals surface area contributed by atoms with Crippen LogP contribution in [0.3, 0.4) is 0 Å². The molecule has 3 heteroatoms. The molecule has 0 unspecified atom stereocenters. The number of carbonyl (C=O) groups is 1. The van der Waals surface area contributed by atoms with Crippen molar-refractivity contribution in [2.45, 2.75) is 32.7 Å². The number of aromatic nitrogens is 1. The molecule has 0 aromatic carbocycles. The van der Waals surface area contributed by atoms with Crippen molar-refractivity contribution in [3.8, 4) is 0 Å². The molecule has 0 radical (unpaired) electrons. The highest BCUT2D eigenvalue weighted by atomic mass is 16.1. The fourth-order valence-corrected chi connectivity index (χ4v) is 1.79. The first-order chi connectivity index (χ1) is 7.22. The van der Waals surface area contributed by atoms with E-state index >= 15 is 0 Å². The molecule has 3 nitrogen and oxygen atoms in total. The van der Waals surface area contributed by atoms with Crippen molar-refractivity contribution >= 4 is 11.6 Å². The van der Waals surface area contributed by atoms with E-state index in [9.17, 15) is 4.79 Å². The van der Waals surface area contributed by atoms with Gasteiger partial charge >= 0.3 is 0 Å². The van der Waals surface area contributed by atoms with Gasteiger partial charge in [0.25, 0.3) is 0 Å². The maximum absolute atomic E-state index is 11.2. The Morgan fingerprint density at radius 2 is 2.33 bits per heavy atom. The lowest BCUT2D eigenvalue weighted by Crippen LogP contribution is -2.26. The first-order valence-corrected chi connectivity index (χ1v) is 5.46. The van der Waals surface area contributed by atoms with Crippen LogP contribution in [0.5, 0.6) is 0 Å². The van der Waals surface area contributed by atoms with Gasteiger partial charge in [-0.2, -0.15) is 0 Å². The zero-order chi connectivity index (χ0) is 10.8. The highest BCUT2D eigenvalue weighted by Gasteiger charge is 2.28. The van der Waals surface area contributed by atoms with Gasteiger partial charge in [0.2, 0.25) is 0 Å². The van der Waals surface area contributed by atoms with E-state index in [1.165, 1.54) is 12.8 Å². The van der Waals surface area contributed by atoms with Crippen LogP contribution in [0, 0.1) is 0 Å². The summed E-state index contributed by atoms with van der Waals surface area (Å²) < 4.78 is 0. The van der Waals surface area contributed by atoms with E-state index in [2.05, 4.69) is 16.8 Å². The molecule has 0 aliphatic heterocycles. The van der Waals surface area contributed by atoms with Gasteiger partial charge in [-0.3, -0.25) is 4.79 Å². The van der Waals surface area contributed by atoms with Gasteiger partial charge in [-0.1, -0.05) is 0 Å². The SMILES string of the molecule is CCN(c1cc(C(C)=O)ccn1)C1CC1. The molecule has 1 aromatic heterocycles. The minimum atomic E-state index is 0.102. The topological polar surface area (TPSA) is 33.2 Å². The lowest BCUT2D eigenvalue weighted by molar-refractivity contribution is 0.101. The molecule has 1 heterocycles. The largest absolute Gasteiger partial charge is 0.354 e. The van der Waals surface area contributed by atoms with Gasteiger partial charge < -0.3 is 4.90 Å². The van der Waals surface area contributed by atoms with E-state index < -0.39 is 0 Å². The molecule has 0 amide bonds. The number of anilines is 1. The Bertz CT molecular complexity index is 372. The second-order valence-corrected chi connectivity index (χ2v) is 3.98. The fourth-order valence-electron chi connectivity index (χ4n) is 1.79. The predicted molar refractivity (Wildman–Crippen MR) is 60.3 cm³/mol. The first-order valence-electron chi connectivity index (χ1n) is 5.46. The maximum Gasteiger partial charge on any atom is 0.159 e. The summed E-state index contributed by atoms with van der Waals surface area (Å²) in [5.74, 6) is 1.04. The lowest BCUT2D eigenvalue weighted by atomic mass is 10.2. The third-order valence-corrected chi connectivity index (χ3v) is 2.77. The average molecular weight is 204 g/mol. The minimum absolute atomic E-state index is 0.102. The van der Waals surface area contributed by atoms with Crippen LogP contribution < -0.4 is 4.90 Å². The highest BCUT2D eigenvalue weighted by Crippen LogP contribution is 2.30. The van der Waals surface area contributed by atoms with Gasteiger partial charge in [0.05, 0.1) is 0 Å². The smallest absolute Gasteiger partial charge is 0.159 e. The van der Waals surface area contributed by atoms with E-state index in [0.717, 1.165) is 17.9 Å². The third kappa shape index (κ3) is 2.17. The summed E-state index contributed by atoms with van der Waals surface area (Å²) in [5, 5.41) is 0. The summed E-state index contributed by atoms with van der Waals surface area (Å²) in [6.07, 6.45) is 4.22. The minimum Gasteiger partial charge on any atom is -0.354 e. The lowest BCUT2D eigenvalue weighted by Gasteiger charge is -2.21. The van der Waals surface area contributed by atoms with Crippen molar-refractivity contribution in [3.05, 3.63) is 23.9 Å². The predicted octanol–water partition coefficient (Wildman–Crippen LogP) is 2.27. The standard InChI is InChI=1S/C12H16N2O/c1-3-14(11-4-5-11)12-8-10(9(2)15)6-7-13-12/h6-8,11H,3-5H2,1-2H3. The molecule has 1 aliphatic rings. The molecule has 1 fully saturated rings. The van der Waals surface area contributed by atoms with Crippen LogP contribution in [0.2, 0.25) is 0 Å². The van der Waals surface area contributed by atoms with Gasteiger partial charge in [0, 0.05) is 24.3 Å². The Labute approximate surface area is 90.1 Å². The van der Waals surface area contributed by atoms with Gasteiger partial charge in [0.15, 0.2) is 5.78 Å². The van der Waals surface area contributed by atoms with Crippen LogP contribution in [0.4, 0.5) is 5.82 Å². The van der Waals surface area contributed by atoms with Crippen molar-refractivity contribution in [2.24, 2.45) is 0 Å². The fraction of sp³-hybridized carbons (Fsp3) is 0.500. The molecule has 2 rings (SSSR count). The number of ketones is 1. The number of Topliss-reactive ketones (excluding diaryl/α,β-unsaturated/α-hetero) is 1. The van der Waals surface area contributed by atoms with Crippen molar-refractivity contribution < 1.29 is 4.79 Å². The highest BCUT2D eigenvalue weighted by molar-refractivity contribution is 5.94. The zero-order valence-corrected chi connectivity index (χ0v) is 9.23. The molecule has 1 aromatic rings. The zero-order valence-electron chi connectivity index (χ0n) is 9.23. The summed E-state index contributed by atoms with van der Waals surface area (Å²) in [7, 11) is 0.